The molecule has 5 heteroatoms. The van der Waals surface area contributed by atoms with Crippen molar-refractivity contribution in [1.82, 2.24) is 0 Å². The Labute approximate surface area is 103 Å². The van der Waals surface area contributed by atoms with Gasteiger partial charge in [-0.1, -0.05) is 15.9 Å². The van der Waals surface area contributed by atoms with Crippen molar-refractivity contribution >= 4 is 44.3 Å². The Kier molecular flexibility index (Phi) is 3.89. The molecule has 0 saturated heterocycles. The van der Waals surface area contributed by atoms with Crippen LogP contribution in [0.1, 0.15) is 15.9 Å². The average Bonchev–Trinajstić information content (AvgIpc) is 2.20. The van der Waals surface area contributed by atoms with Crippen LogP contribution in [0.15, 0.2) is 12.1 Å². The Morgan fingerprint density at radius 2 is 2.29 bits per heavy atom. The van der Waals surface area contributed by atoms with Crippen LogP contribution in [0, 0.1) is 14.9 Å². The number of nitriles is 1. The number of carbonyl (C=O) groups excluding carboxylic acids is 1. The third-order valence-electron chi connectivity index (χ3n) is 1.65. The summed E-state index contributed by atoms with van der Waals surface area (Å²) in [5, 5.41) is 18.5. The Balaban J connectivity index is 3.45. The second-order valence-electron chi connectivity index (χ2n) is 2.49. The van der Waals surface area contributed by atoms with Crippen LogP contribution in [0.4, 0.5) is 0 Å². The van der Waals surface area contributed by atoms with Crippen molar-refractivity contribution in [3.63, 3.8) is 0 Å². The zero-order valence-electron chi connectivity index (χ0n) is 6.92. The van der Waals surface area contributed by atoms with E-state index in [1.165, 1.54) is 6.07 Å². The van der Waals surface area contributed by atoms with E-state index in [-0.39, 0.29) is 28.0 Å². The van der Waals surface area contributed by atoms with Gasteiger partial charge in [0.05, 0.1) is 20.0 Å². The normalized spacial score (nSPS) is 9.50. The summed E-state index contributed by atoms with van der Waals surface area (Å²) in [7, 11) is 0. The van der Waals surface area contributed by atoms with Gasteiger partial charge in [0.15, 0.2) is 5.78 Å². The van der Waals surface area contributed by atoms with Crippen LogP contribution in [-0.2, 0) is 0 Å². The quantitative estimate of drug-likeness (QED) is 0.497. The summed E-state index contributed by atoms with van der Waals surface area (Å²) < 4.78 is 0.561. The third-order valence-corrected chi connectivity index (χ3v) is 3.03. The Bertz CT molecular complexity index is 426. The molecule has 0 aromatic heterocycles. The number of phenols is 1. The number of carbonyl (C=O) groups is 1. The van der Waals surface area contributed by atoms with Crippen LogP contribution in [0.5, 0.6) is 5.75 Å². The summed E-state index contributed by atoms with van der Waals surface area (Å²) >= 11 is 4.91. The van der Waals surface area contributed by atoms with E-state index >= 15 is 0 Å². The number of benzene rings is 1. The molecule has 0 bridgehead atoms. The summed E-state index contributed by atoms with van der Waals surface area (Å²) in [4.78, 5) is 11.4. The van der Waals surface area contributed by atoms with Crippen LogP contribution < -0.4 is 0 Å². The number of nitrogens with zero attached hydrogens (tertiary/aromatic N) is 1. The molecule has 0 amide bonds. The fourth-order valence-corrected chi connectivity index (χ4v) is 1.74. The van der Waals surface area contributed by atoms with Gasteiger partial charge < -0.3 is 5.11 Å². The molecule has 1 aromatic carbocycles. The first kappa shape index (κ1) is 11.5. The van der Waals surface area contributed by atoms with Crippen molar-refractivity contribution in [3.05, 3.63) is 26.8 Å². The van der Waals surface area contributed by atoms with Crippen LogP contribution in [0.3, 0.4) is 0 Å². The predicted molar refractivity (Wildman–Crippen MR) is 63.7 cm³/mol. The highest BCUT2D eigenvalue weighted by Gasteiger charge is 2.17. The number of rotatable bonds is 2. The lowest BCUT2D eigenvalue weighted by molar-refractivity contribution is 0.102. The standard InChI is InChI=1S/C9H5BrINO2/c10-3-7(13)8-5(4-12)1-2-6(11)9(8)14/h1-2,14H,3H2. The van der Waals surface area contributed by atoms with Crippen molar-refractivity contribution in [3.8, 4) is 11.8 Å². The zero-order chi connectivity index (χ0) is 10.7. The molecule has 0 atom stereocenters. The van der Waals surface area contributed by atoms with Gasteiger partial charge in [0.25, 0.3) is 0 Å². The van der Waals surface area contributed by atoms with E-state index in [2.05, 4.69) is 15.9 Å². The fourth-order valence-electron chi connectivity index (χ4n) is 1.01. The maximum Gasteiger partial charge on any atom is 0.178 e. The van der Waals surface area contributed by atoms with Gasteiger partial charge in [0.1, 0.15) is 11.8 Å². The first-order valence-electron chi connectivity index (χ1n) is 3.62. The molecular weight excluding hydrogens is 361 g/mol. The molecule has 0 aliphatic heterocycles. The van der Waals surface area contributed by atoms with Crippen molar-refractivity contribution in [2.75, 3.05) is 5.33 Å². The van der Waals surface area contributed by atoms with E-state index in [1.54, 1.807) is 6.07 Å². The van der Waals surface area contributed by atoms with Gasteiger partial charge in [-0.25, -0.2) is 0 Å². The van der Waals surface area contributed by atoms with Crippen molar-refractivity contribution in [2.45, 2.75) is 0 Å². The Morgan fingerprint density at radius 1 is 1.64 bits per heavy atom. The highest BCUT2D eigenvalue weighted by atomic mass is 127. The number of hydrogen-bond acceptors (Lipinski definition) is 3. The van der Waals surface area contributed by atoms with Gasteiger partial charge >= 0.3 is 0 Å². The Morgan fingerprint density at radius 3 is 2.79 bits per heavy atom. The molecule has 0 fully saturated rings. The lowest BCUT2D eigenvalue weighted by atomic mass is 10.0. The van der Waals surface area contributed by atoms with E-state index in [0.29, 0.717) is 3.57 Å². The van der Waals surface area contributed by atoms with E-state index in [0.717, 1.165) is 0 Å². The number of halogens is 2. The van der Waals surface area contributed by atoms with Gasteiger partial charge in [-0.2, -0.15) is 5.26 Å². The Hall–Kier alpha value is -0.610. The maximum absolute atomic E-state index is 11.4. The van der Waals surface area contributed by atoms with E-state index in [9.17, 15) is 9.90 Å². The van der Waals surface area contributed by atoms with Gasteiger partial charge in [-0.3, -0.25) is 4.79 Å². The van der Waals surface area contributed by atoms with E-state index < -0.39 is 0 Å². The molecule has 14 heavy (non-hydrogen) atoms. The van der Waals surface area contributed by atoms with Crippen molar-refractivity contribution < 1.29 is 9.90 Å². The molecule has 0 aliphatic rings. The first-order chi connectivity index (χ1) is 6.61. The lowest BCUT2D eigenvalue weighted by Crippen LogP contribution is -2.04. The molecule has 3 nitrogen and oxygen atoms in total. The summed E-state index contributed by atoms with van der Waals surface area (Å²) in [6.07, 6.45) is 0. The number of phenolic OH excluding ortho intramolecular Hbond substituents is 1. The van der Waals surface area contributed by atoms with Gasteiger partial charge in [-0.15, -0.1) is 0 Å². The molecule has 0 unspecified atom stereocenters. The smallest absolute Gasteiger partial charge is 0.178 e. The predicted octanol–water partition coefficient (Wildman–Crippen LogP) is 2.45. The number of aromatic hydroxyl groups is 1. The van der Waals surface area contributed by atoms with Gasteiger partial charge in [-0.05, 0) is 34.7 Å². The second-order valence-corrected chi connectivity index (χ2v) is 4.21. The molecule has 72 valence electrons. The largest absolute Gasteiger partial charge is 0.506 e. The van der Waals surface area contributed by atoms with E-state index in [1.807, 2.05) is 28.7 Å². The minimum atomic E-state index is -0.294. The molecule has 0 aliphatic carbocycles. The van der Waals surface area contributed by atoms with Crippen molar-refractivity contribution in [1.29, 1.82) is 5.26 Å². The van der Waals surface area contributed by atoms with Crippen LogP contribution in [0.2, 0.25) is 0 Å². The number of alkyl halides is 1. The summed E-state index contributed by atoms with van der Waals surface area (Å²) in [5.41, 5.74) is 0.295. The second kappa shape index (κ2) is 4.75. The number of hydrogen-bond donors (Lipinski definition) is 1. The van der Waals surface area contributed by atoms with Crippen molar-refractivity contribution in [2.24, 2.45) is 0 Å². The molecule has 0 heterocycles. The highest BCUT2D eigenvalue weighted by molar-refractivity contribution is 14.1. The highest BCUT2D eigenvalue weighted by Crippen LogP contribution is 2.27. The fraction of sp³-hybridized carbons (Fsp3) is 0.111. The topological polar surface area (TPSA) is 61.1 Å². The molecule has 1 aromatic rings. The van der Waals surface area contributed by atoms with Crippen LogP contribution in [0.25, 0.3) is 0 Å². The molecule has 0 saturated carbocycles. The average molecular weight is 366 g/mol. The SMILES string of the molecule is N#Cc1ccc(I)c(O)c1C(=O)CBr. The van der Waals surface area contributed by atoms with Crippen LogP contribution >= 0.6 is 38.5 Å². The first-order valence-corrected chi connectivity index (χ1v) is 5.82. The molecular formula is C9H5BrINO2. The molecule has 0 radical (unpaired) electrons. The number of ketones is 1. The zero-order valence-corrected chi connectivity index (χ0v) is 10.7. The third kappa shape index (κ3) is 2.07. The molecule has 1 N–H and O–H groups in total. The van der Waals surface area contributed by atoms with E-state index in [4.69, 9.17) is 5.26 Å². The summed E-state index contributed by atoms with van der Waals surface area (Å²) in [5.74, 6) is -0.410. The minimum absolute atomic E-state index is 0.0926. The number of Topliss-reactive ketones (excluding diaryl/α,β-unsaturated/α-hetero) is 1. The molecule has 0 spiro atoms. The van der Waals surface area contributed by atoms with Crippen LogP contribution in [-0.4, -0.2) is 16.2 Å². The lowest BCUT2D eigenvalue weighted by Gasteiger charge is -2.05. The monoisotopic (exact) mass is 365 g/mol. The van der Waals surface area contributed by atoms with Gasteiger partial charge in [0, 0.05) is 0 Å². The molecule has 1 rings (SSSR count). The summed E-state index contributed by atoms with van der Waals surface area (Å²) in [6, 6.07) is 5.00. The maximum atomic E-state index is 11.4. The minimum Gasteiger partial charge on any atom is -0.506 e. The van der Waals surface area contributed by atoms with Gasteiger partial charge in [0.2, 0.25) is 0 Å². The summed E-state index contributed by atoms with van der Waals surface area (Å²) in [6.45, 7) is 0.